The van der Waals surface area contributed by atoms with Crippen LogP contribution >= 0.6 is 0 Å². The van der Waals surface area contributed by atoms with Crippen LogP contribution in [0.25, 0.3) is 49.7 Å². The number of nitrogens with zero attached hydrogens (tertiary/aromatic N) is 2. The second-order valence-electron chi connectivity index (χ2n) is 9.09. The number of para-hydroxylation sites is 1. The third kappa shape index (κ3) is 3.50. The van der Waals surface area contributed by atoms with Crippen LogP contribution in [0.5, 0.6) is 0 Å². The molecule has 5 aromatic carbocycles. The Morgan fingerprint density at radius 3 is 2.14 bits per heavy atom. The molecule has 0 N–H and O–H groups in total. The molecule has 1 heterocycles. The first-order valence-corrected chi connectivity index (χ1v) is 11.8. The molecule has 0 radical (unpaired) electrons. The van der Waals surface area contributed by atoms with Gasteiger partial charge in [-0.05, 0) is 89.7 Å². The predicted octanol–water partition coefficient (Wildman–Crippen LogP) is 8.61. The quantitative estimate of drug-likeness (QED) is 0.266. The monoisotopic (exact) mass is 448 g/mol. The number of hydrogen-bond acceptors (Lipinski definition) is 1. The lowest BCUT2D eigenvalue weighted by Crippen LogP contribution is -1.94. The molecule has 0 amide bonds. The number of hydrogen-bond donors (Lipinski definition) is 0. The van der Waals surface area contributed by atoms with Crippen molar-refractivity contribution in [3.8, 4) is 34.0 Å². The summed E-state index contributed by atoms with van der Waals surface area (Å²) in [6.07, 6.45) is 0. The van der Waals surface area contributed by atoms with Crippen LogP contribution in [0.2, 0.25) is 0 Å². The van der Waals surface area contributed by atoms with Gasteiger partial charge in [0.15, 0.2) is 0 Å². The summed E-state index contributed by atoms with van der Waals surface area (Å²) in [5.41, 5.74) is 11.5. The van der Waals surface area contributed by atoms with Crippen LogP contribution < -0.4 is 0 Å². The largest absolute Gasteiger partial charge is 0.309 e. The van der Waals surface area contributed by atoms with E-state index in [1.54, 1.807) is 0 Å². The van der Waals surface area contributed by atoms with Crippen LogP contribution in [-0.2, 0) is 0 Å². The zero-order valence-electron chi connectivity index (χ0n) is 19.8. The molecule has 6 aromatic rings. The van der Waals surface area contributed by atoms with Crippen molar-refractivity contribution >= 4 is 21.8 Å². The van der Waals surface area contributed by atoms with Gasteiger partial charge in [0.1, 0.15) is 0 Å². The Balaban J connectivity index is 1.57. The fourth-order valence-electron chi connectivity index (χ4n) is 5.11. The zero-order chi connectivity index (χ0) is 23.9. The molecule has 0 atom stereocenters. The van der Waals surface area contributed by atoms with E-state index < -0.39 is 0 Å². The lowest BCUT2D eigenvalue weighted by atomic mass is 9.92. The second-order valence-corrected chi connectivity index (χ2v) is 9.09. The van der Waals surface area contributed by atoms with Gasteiger partial charge in [-0.2, -0.15) is 5.26 Å². The van der Waals surface area contributed by atoms with Gasteiger partial charge in [0.05, 0.1) is 22.7 Å². The lowest BCUT2D eigenvalue weighted by molar-refractivity contribution is 1.18. The number of aromatic nitrogens is 1. The smallest absolute Gasteiger partial charge is 0.0992 e. The molecule has 6 rings (SSSR count). The van der Waals surface area contributed by atoms with Crippen LogP contribution in [0.4, 0.5) is 0 Å². The highest BCUT2D eigenvalue weighted by Crippen LogP contribution is 2.36. The summed E-state index contributed by atoms with van der Waals surface area (Å²) in [7, 11) is 0. The number of nitriles is 1. The first kappa shape index (κ1) is 21.0. The first-order chi connectivity index (χ1) is 17.1. The molecule has 166 valence electrons. The molecular weight excluding hydrogens is 424 g/mol. The van der Waals surface area contributed by atoms with Gasteiger partial charge in [-0.3, -0.25) is 0 Å². The summed E-state index contributed by atoms with van der Waals surface area (Å²) >= 11 is 0. The van der Waals surface area contributed by atoms with E-state index >= 15 is 0 Å². The molecule has 35 heavy (non-hydrogen) atoms. The van der Waals surface area contributed by atoms with Gasteiger partial charge in [0.25, 0.3) is 0 Å². The Hall–Kier alpha value is -4.61. The van der Waals surface area contributed by atoms with Crippen molar-refractivity contribution in [1.29, 1.82) is 5.26 Å². The Kier molecular flexibility index (Phi) is 4.98. The van der Waals surface area contributed by atoms with E-state index in [-0.39, 0.29) is 0 Å². The highest BCUT2D eigenvalue weighted by atomic mass is 15.0. The summed E-state index contributed by atoms with van der Waals surface area (Å²) < 4.78 is 2.25. The molecule has 2 nitrogen and oxygen atoms in total. The Bertz CT molecular complexity index is 1780. The fourth-order valence-corrected chi connectivity index (χ4v) is 5.11. The highest BCUT2D eigenvalue weighted by Gasteiger charge is 2.14. The van der Waals surface area contributed by atoms with Crippen LogP contribution in [-0.4, -0.2) is 4.57 Å². The van der Waals surface area contributed by atoms with Gasteiger partial charge >= 0.3 is 0 Å². The number of benzene rings is 5. The molecule has 0 spiro atoms. The molecule has 1 aromatic heterocycles. The van der Waals surface area contributed by atoms with Gasteiger partial charge in [-0.15, -0.1) is 0 Å². The van der Waals surface area contributed by atoms with Crippen LogP contribution in [0, 0.1) is 25.2 Å². The molecule has 0 fully saturated rings. The number of aryl methyl sites for hydroxylation is 2. The third-order valence-electron chi connectivity index (χ3n) is 6.91. The van der Waals surface area contributed by atoms with E-state index in [1.165, 1.54) is 44.2 Å². The van der Waals surface area contributed by atoms with Crippen molar-refractivity contribution in [2.45, 2.75) is 13.8 Å². The van der Waals surface area contributed by atoms with Gasteiger partial charge in [-0.1, -0.05) is 66.7 Å². The lowest BCUT2D eigenvalue weighted by Gasteiger charge is -2.12. The normalized spacial score (nSPS) is 11.1. The SMILES string of the molecule is Cc1ccccc1-c1cc(-c2ccc3c(c2)c2ccccc2n3-c2cccc(C#N)c2)ccc1C. The molecule has 0 aliphatic rings. The molecular formula is C33H24N2. The standard InChI is InChI=1S/C33H24N2/c1-22-8-3-4-11-28(22)30-19-25(15-14-23(30)2)26-16-17-33-31(20-26)29-12-5-6-13-32(29)35(33)27-10-7-9-24(18-27)21-34/h3-20H,1-2H3. The van der Waals surface area contributed by atoms with Crippen molar-refractivity contribution < 1.29 is 0 Å². The molecule has 0 unspecified atom stereocenters. The topological polar surface area (TPSA) is 28.7 Å². The van der Waals surface area contributed by atoms with Crippen molar-refractivity contribution in [2.24, 2.45) is 0 Å². The Labute approximate surface area is 205 Å². The van der Waals surface area contributed by atoms with Crippen molar-refractivity contribution in [3.63, 3.8) is 0 Å². The zero-order valence-corrected chi connectivity index (χ0v) is 19.8. The minimum atomic E-state index is 0.661. The summed E-state index contributed by atoms with van der Waals surface area (Å²) in [4.78, 5) is 0. The van der Waals surface area contributed by atoms with E-state index in [2.05, 4.69) is 115 Å². The van der Waals surface area contributed by atoms with E-state index in [0.717, 1.165) is 16.7 Å². The summed E-state index contributed by atoms with van der Waals surface area (Å²) in [5.74, 6) is 0. The highest BCUT2D eigenvalue weighted by molar-refractivity contribution is 6.10. The van der Waals surface area contributed by atoms with Crippen molar-refractivity contribution in [3.05, 3.63) is 126 Å². The Morgan fingerprint density at radius 2 is 1.29 bits per heavy atom. The fraction of sp³-hybridized carbons (Fsp3) is 0.0606. The third-order valence-corrected chi connectivity index (χ3v) is 6.91. The summed E-state index contributed by atoms with van der Waals surface area (Å²) in [6, 6.07) is 40.6. The van der Waals surface area contributed by atoms with Crippen molar-refractivity contribution in [1.82, 2.24) is 4.57 Å². The molecule has 0 saturated heterocycles. The number of fused-ring (bicyclic) bond motifs is 3. The van der Waals surface area contributed by atoms with Gasteiger partial charge in [0.2, 0.25) is 0 Å². The van der Waals surface area contributed by atoms with Crippen LogP contribution in [0.15, 0.2) is 109 Å². The maximum Gasteiger partial charge on any atom is 0.0992 e. The van der Waals surface area contributed by atoms with Gasteiger partial charge in [-0.25, -0.2) is 0 Å². The summed E-state index contributed by atoms with van der Waals surface area (Å²) in [5, 5.41) is 11.8. The molecule has 0 aliphatic heterocycles. The van der Waals surface area contributed by atoms with Crippen LogP contribution in [0.1, 0.15) is 16.7 Å². The van der Waals surface area contributed by atoms with Crippen molar-refractivity contribution in [2.75, 3.05) is 0 Å². The van der Waals surface area contributed by atoms with E-state index in [1.807, 2.05) is 18.2 Å². The summed E-state index contributed by atoms with van der Waals surface area (Å²) in [6.45, 7) is 4.35. The predicted molar refractivity (Wildman–Crippen MR) is 146 cm³/mol. The second kappa shape index (κ2) is 8.31. The van der Waals surface area contributed by atoms with Gasteiger partial charge < -0.3 is 4.57 Å². The van der Waals surface area contributed by atoms with Crippen LogP contribution in [0.3, 0.4) is 0 Å². The molecule has 0 aliphatic carbocycles. The van der Waals surface area contributed by atoms with E-state index in [4.69, 9.17) is 0 Å². The minimum absolute atomic E-state index is 0.661. The Morgan fingerprint density at radius 1 is 0.571 bits per heavy atom. The van der Waals surface area contributed by atoms with Gasteiger partial charge in [0, 0.05) is 16.5 Å². The average Bonchev–Trinajstić information content (AvgIpc) is 3.23. The molecule has 2 heteroatoms. The molecule has 0 bridgehead atoms. The van der Waals surface area contributed by atoms with E-state index in [0.29, 0.717) is 5.56 Å². The first-order valence-electron chi connectivity index (χ1n) is 11.8. The average molecular weight is 449 g/mol. The molecule has 0 saturated carbocycles. The number of rotatable bonds is 3. The van der Waals surface area contributed by atoms with E-state index in [9.17, 15) is 5.26 Å². The minimum Gasteiger partial charge on any atom is -0.309 e. The maximum atomic E-state index is 9.43. The maximum absolute atomic E-state index is 9.43.